The summed E-state index contributed by atoms with van der Waals surface area (Å²) in [6.45, 7) is 7.68. The Morgan fingerprint density at radius 1 is 1.00 bits per heavy atom. The molecule has 14 heteroatoms. The molecule has 13 nitrogen and oxygen atoms in total. The van der Waals surface area contributed by atoms with Gasteiger partial charge in [-0.25, -0.2) is 0 Å². The standard InChI is InChI=1S/C38H52BrN7O6/c1-22(40-5)34(49)46-33(38(2,3)4)37(52)42-19-25(14-16-32(48)45-31-12-8-10-23-9-6-7-11-28(23)31)43-36(51)29-17-24(13-15-30(29)39)35(50)44-26-18-27(21-47)41-20-26/h6-7,9,11,13,15,17,21-22,25-27,31,33,40-41H,8,10,12,14,16,18-20H2,1-5H3,(H,42,52)(H,43,51)(H,44,50)(H,45,48)(H,46,49)/t22-,25-,26-,27?,31+,33?/m0/s1. The van der Waals surface area contributed by atoms with E-state index in [0.29, 0.717) is 17.4 Å². The molecule has 0 bridgehead atoms. The van der Waals surface area contributed by atoms with E-state index >= 15 is 0 Å². The molecule has 2 aliphatic rings. The molecule has 6 atom stereocenters. The highest BCUT2D eigenvalue weighted by Crippen LogP contribution is 2.29. The molecule has 2 aromatic rings. The highest BCUT2D eigenvalue weighted by atomic mass is 79.9. The molecule has 4 rings (SSSR count). The number of likely N-dealkylation sites (N-methyl/N-ethyl adjacent to an activating group) is 1. The van der Waals surface area contributed by atoms with E-state index in [1.165, 1.54) is 11.6 Å². The lowest BCUT2D eigenvalue weighted by atomic mass is 9.86. The van der Waals surface area contributed by atoms with E-state index in [4.69, 9.17) is 0 Å². The molecule has 1 heterocycles. The number of carbonyl (C=O) groups is 6. The molecule has 282 valence electrons. The molecule has 7 N–H and O–H groups in total. The predicted octanol–water partition coefficient (Wildman–Crippen LogP) is 2.44. The van der Waals surface area contributed by atoms with Crippen LogP contribution in [0.2, 0.25) is 0 Å². The van der Waals surface area contributed by atoms with Crippen LogP contribution in [-0.2, 0) is 25.6 Å². The number of halogens is 1. The molecule has 0 aromatic heterocycles. The molecular weight excluding hydrogens is 730 g/mol. The van der Waals surface area contributed by atoms with E-state index in [0.717, 1.165) is 31.1 Å². The summed E-state index contributed by atoms with van der Waals surface area (Å²) in [6, 6.07) is 10.1. The molecule has 1 aliphatic heterocycles. The summed E-state index contributed by atoms with van der Waals surface area (Å²) in [5, 5.41) is 20.6. The van der Waals surface area contributed by atoms with Crippen molar-refractivity contribution in [2.24, 2.45) is 5.41 Å². The minimum atomic E-state index is -0.872. The predicted molar refractivity (Wildman–Crippen MR) is 202 cm³/mol. The Morgan fingerprint density at radius 3 is 2.44 bits per heavy atom. The quantitative estimate of drug-likeness (QED) is 0.134. The van der Waals surface area contributed by atoms with Gasteiger partial charge in [0.1, 0.15) is 12.3 Å². The van der Waals surface area contributed by atoms with Gasteiger partial charge in [0.2, 0.25) is 17.7 Å². The normalized spacial score (nSPS) is 20.0. The van der Waals surface area contributed by atoms with Crippen LogP contribution in [-0.4, -0.2) is 86.2 Å². The van der Waals surface area contributed by atoms with Crippen molar-refractivity contribution in [2.75, 3.05) is 20.1 Å². The van der Waals surface area contributed by atoms with Gasteiger partial charge < -0.3 is 42.0 Å². The third-order valence-corrected chi connectivity index (χ3v) is 10.4. The van der Waals surface area contributed by atoms with Gasteiger partial charge >= 0.3 is 0 Å². The highest BCUT2D eigenvalue weighted by molar-refractivity contribution is 9.10. The van der Waals surface area contributed by atoms with Gasteiger partial charge in [-0.05, 0) is 96.7 Å². The first-order valence-electron chi connectivity index (χ1n) is 17.9. The Bertz CT molecular complexity index is 1630. The zero-order chi connectivity index (χ0) is 38.0. The maximum Gasteiger partial charge on any atom is 0.252 e. The van der Waals surface area contributed by atoms with Crippen molar-refractivity contribution >= 4 is 51.8 Å². The maximum absolute atomic E-state index is 13.8. The van der Waals surface area contributed by atoms with Crippen LogP contribution in [0, 0.1) is 5.41 Å². The Labute approximate surface area is 314 Å². The number of hydrogen-bond acceptors (Lipinski definition) is 8. The average Bonchev–Trinajstić information content (AvgIpc) is 3.58. The Morgan fingerprint density at radius 2 is 1.75 bits per heavy atom. The molecule has 0 saturated carbocycles. The van der Waals surface area contributed by atoms with Crippen molar-refractivity contribution in [3.05, 3.63) is 69.2 Å². The number of hydrogen-bond donors (Lipinski definition) is 7. The average molecular weight is 783 g/mol. The van der Waals surface area contributed by atoms with Crippen LogP contribution in [0.1, 0.15) is 97.7 Å². The minimum absolute atomic E-state index is 0.0154. The van der Waals surface area contributed by atoms with Gasteiger partial charge in [-0.1, -0.05) is 45.0 Å². The van der Waals surface area contributed by atoms with E-state index in [9.17, 15) is 28.8 Å². The lowest BCUT2D eigenvalue weighted by Crippen LogP contribution is -2.58. The van der Waals surface area contributed by atoms with Crippen LogP contribution in [0.15, 0.2) is 46.9 Å². The van der Waals surface area contributed by atoms with Gasteiger partial charge in [0.15, 0.2) is 0 Å². The molecule has 0 radical (unpaired) electrons. The molecule has 1 saturated heterocycles. The molecule has 2 unspecified atom stereocenters. The summed E-state index contributed by atoms with van der Waals surface area (Å²) < 4.78 is 0.454. The first-order chi connectivity index (χ1) is 24.7. The summed E-state index contributed by atoms with van der Waals surface area (Å²) in [4.78, 5) is 77.5. The molecule has 1 fully saturated rings. The number of carbonyl (C=O) groups excluding carboxylic acids is 6. The van der Waals surface area contributed by atoms with Crippen molar-refractivity contribution in [2.45, 2.75) is 102 Å². The van der Waals surface area contributed by atoms with Crippen LogP contribution in [0.3, 0.4) is 0 Å². The fourth-order valence-electron chi connectivity index (χ4n) is 6.45. The second-order valence-electron chi connectivity index (χ2n) is 14.7. The van der Waals surface area contributed by atoms with Gasteiger partial charge in [-0.15, -0.1) is 0 Å². The van der Waals surface area contributed by atoms with Crippen molar-refractivity contribution in [3.63, 3.8) is 0 Å². The summed E-state index contributed by atoms with van der Waals surface area (Å²) >= 11 is 3.43. The lowest BCUT2D eigenvalue weighted by molar-refractivity contribution is -0.132. The monoisotopic (exact) mass is 781 g/mol. The summed E-state index contributed by atoms with van der Waals surface area (Å²) in [7, 11) is 1.66. The van der Waals surface area contributed by atoms with Crippen LogP contribution in [0.5, 0.6) is 0 Å². The Kier molecular flexibility index (Phi) is 14.5. The van der Waals surface area contributed by atoms with E-state index in [2.05, 4.69) is 59.2 Å². The molecular formula is C38H52BrN7O6. The summed E-state index contributed by atoms with van der Waals surface area (Å²) in [6.07, 6.45) is 4.35. The van der Waals surface area contributed by atoms with Crippen molar-refractivity contribution in [3.8, 4) is 0 Å². The SMILES string of the molecule is CN[C@@H](C)C(=O)NC(C(=O)NC[C@H](CCC(=O)N[C@@H]1CCCc2ccccc21)NC(=O)c1cc(C(=O)N[C@@H]2CNC(C=O)C2)ccc1Br)C(C)(C)C. The van der Waals surface area contributed by atoms with Crippen molar-refractivity contribution in [1.82, 2.24) is 37.2 Å². The second kappa shape index (κ2) is 18.6. The number of rotatable bonds is 15. The van der Waals surface area contributed by atoms with Crippen molar-refractivity contribution < 1.29 is 28.8 Å². The molecule has 2 aromatic carbocycles. The number of fused-ring (bicyclic) bond motifs is 1. The van der Waals surface area contributed by atoms with E-state index < -0.39 is 35.4 Å². The van der Waals surface area contributed by atoms with Gasteiger partial charge in [0.05, 0.1) is 23.7 Å². The number of aryl methyl sites for hydroxylation is 1. The number of benzene rings is 2. The molecule has 52 heavy (non-hydrogen) atoms. The first-order valence-corrected chi connectivity index (χ1v) is 18.7. The zero-order valence-corrected chi connectivity index (χ0v) is 32.2. The second-order valence-corrected chi connectivity index (χ2v) is 15.6. The fourth-order valence-corrected chi connectivity index (χ4v) is 6.88. The number of nitrogens with one attached hydrogen (secondary N) is 7. The fraction of sp³-hybridized carbons (Fsp3) is 0.526. The van der Waals surface area contributed by atoms with E-state index in [-0.39, 0.29) is 66.4 Å². The van der Waals surface area contributed by atoms with Crippen LogP contribution in [0.4, 0.5) is 0 Å². The number of aldehydes is 1. The largest absolute Gasteiger partial charge is 0.352 e. The minimum Gasteiger partial charge on any atom is -0.352 e. The first kappa shape index (κ1) is 40.6. The van der Waals surface area contributed by atoms with E-state index in [1.54, 1.807) is 26.1 Å². The topological polar surface area (TPSA) is 187 Å². The third-order valence-electron chi connectivity index (χ3n) is 9.66. The van der Waals surface area contributed by atoms with Crippen LogP contribution < -0.4 is 37.2 Å². The van der Waals surface area contributed by atoms with Gasteiger partial charge in [-0.3, -0.25) is 24.0 Å². The highest BCUT2D eigenvalue weighted by Gasteiger charge is 2.34. The van der Waals surface area contributed by atoms with Crippen molar-refractivity contribution in [1.29, 1.82) is 0 Å². The molecule has 5 amide bonds. The summed E-state index contributed by atoms with van der Waals surface area (Å²) in [5.74, 6) is -1.82. The summed E-state index contributed by atoms with van der Waals surface area (Å²) in [5.41, 5.74) is 2.17. The smallest absolute Gasteiger partial charge is 0.252 e. The third kappa shape index (κ3) is 11.2. The van der Waals surface area contributed by atoms with E-state index in [1.807, 2.05) is 39.0 Å². The van der Waals surface area contributed by atoms with Gasteiger partial charge in [0, 0.05) is 41.6 Å². The van der Waals surface area contributed by atoms with Crippen LogP contribution in [0.25, 0.3) is 0 Å². The Hall–Kier alpha value is -4.14. The maximum atomic E-state index is 13.8. The van der Waals surface area contributed by atoms with Gasteiger partial charge in [-0.2, -0.15) is 0 Å². The van der Waals surface area contributed by atoms with Crippen LogP contribution >= 0.6 is 15.9 Å². The zero-order valence-electron chi connectivity index (χ0n) is 30.6. The number of amides is 5. The molecule has 1 aliphatic carbocycles. The molecule has 0 spiro atoms. The van der Waals surface area contributed by atoms with Gasteiger partial charge in [0.25, 0.3) is 11.8 Å². The lowest BCUT2D eigenvalue weighted by Gasteiger charge is -2.32. The Balaban J connectivity index is 1.48.